The van der Waals surface area contributed by atoms with Crippen LogP contribution in [0.3, 0.4) is 0 Å². The van der Waals surface area contributed by atoms with E-state index < -0.39 is 35.5 Å². The van der Waals surface area contributed by atoms with Gasteiger partial charge in [0.05, 0.1) is 25.0 Å². The van der Waals surface area contributed by atoms with Crippen LogP contribution in [0.1, 0.15) is 18.1 Å². The number of aliphatic carboxylic acids is 1. The van der Waals surface area contributed by atoms with Crippen molar-refractivity contribution in [2.45, 2.75) is 12.5 Å². The van der Waals surface area contributed by atoms with Crippen LogP contribution < -0.4 is 0 Å². The second-order valence-electron chi connectivity index (χ2n) is 5.60. The highest BCUT2D eigenvalue weighted by Gasteiger charge is 2.50. The molecule has 0 aromatic heterocycles. The second-order valence-corrected chi connectivity index (χ2v) is 5.60. The Balaban J connectivity index is 1.68. The number of benzene rings is 1. The number of carbonyl (C=O) groups is 2. The molecule has 3 unspecified atom stereocenters. The van der Waals surface area contributed by atoms with E-state index in [9.17, 15) is 18.4 Å². The number of morpholine rings is 1. The average molecular weight is 311 g/mol. The summed E-state index contributed by atoms with van der Waals surface area (Å²) in [5.74, 6) is -4.13. The lowest BCUT2D eigenvalue weighted by atomic mass is 10.1. The van der Waals surface area contributed by atoms with Crippen molar-refractivity contribution < 1.29 is 28.2 Å². The van der Waals surface area contributed by atoms with Gasteiger partial charge in [0.1, 0.15) is 6.10 Å². The van der Waals surface area contributed by atoms with Crippen LogP contribution in [0.2, 0.25) is 0 Å². The van der Waals surface area contributed by atoms with Crippen LogP contribution in [-0.2, 0) is 14.3 Å². The lowest BCUT2D eigenvalue weighted by Gasteiger charge is -2.33. The highest BCUT2D eigenvalue weighted by atomic mass is 19.2. The predicted molar refractivity (Wildman–Crippen MR) is 70.9 cm³/mol. The van der Waals surface area contributed by atoms with Crippen molar-refractivity contribution in [2.75, 3.05) is 19.7 Å². The maximum Gasteiger partial charge on any atom is 0.307 e. The van der Waals surface area contributed by atoms with Crippen molar-refractivity contribution in [3.8, 4) is 0 Å². The van der Waals surface area contributed by atoms with Gasteiger partial charge in [0.2, 0.25) is 5.91 Å². The minimum atomic E-state index is -0.960. The van der Waals surface area contributed by atoms with E-state index in [0.717, 1.165) is 12.1 Å². The zero-order chi connectivity index (χ0) is 15.9. The SMILES string of the molecule is O=C(O)C1CC1C(=O)N1CCOC(c2ccc(F)c(F)c2)C1. The molecule has 1 aromatic rings. The Morgan fingerprint density at radius 1 is 1.23 bits per heavy atom. The lowest BCUT2D eigenvalue weighted by molar-refractivity contribution is -0.145. The van der Waals surface area contributed by atoms with Crippen LogP contribution in [-0.4, -0.2) is 41.6 Å². The van der Waals surface area contributed by atoms with Gasteiger partial charge in [0.15, 0.2) is 11.6 Å². The first-order valence-corrected chi connectivity index (χ1v) is 7.05. The number of carboxylic acids is 1. The molecule has 1 saturated carbocycles. The molecule has 0 bridgehead atoms. The molecule has 1 saturated heterocycles. The summed E-state index contributed by atoms with van der Waals surface area (Å²) in [6, 6.07) is 3.51. The van der Waals surface area contributed by atoms with E-state index >= 15 is 0 Å². The van der Waals surface area contributed by atoms with Gasteiger partial charge in [-0.1, -0.05) is 6.07 Å². The topological polar surface area (TPSA) is 66.8 Å². The molecular formula is C15H15F2NO4. The Morgan fingerprint density at radius 3 is 2.64 bits per heavy atom. The van der Waals surface area contributed by atoms with Crippen molar-refractivity contribution in [3.05, 3.63) is 35.4 Å². The maximum atomic E-state index is 13.3. The summed E-state index contributed by atoms with van der Waals surface area (Å²) in [4.78, 5) is 24.6. The number of carbonyl (C=O) groups excluding carboxylic acids is 1. The zero-order valence-corrected chi connectivity index (χ0v) is 11.7. The Morgan fingerprint density at radius 2 is 2.00 bits per heavy atom. The number of hydrogen-bond donors (Lipinski definition) is 1. The predicted octanol–water partition coefficient (Wildman–Crippen LogP) is 1.59. The number of rotatable bonds is 3. The van der Waals surface area contributed by atoms with Gasteiger partial charge in [0.25, 0.3) is 0 Å². The van der Waals surface area contributed by atoms with E-state index in [0.29, 0.717) is 18.5 Å². The molecule has 0 radical (unpaired) electrons. The number of carboxylic acid groups (broad SMARTS) is 1. The van der Waals surface area contributed by atoms with Crippen LogP contribution in [0.4, 0.5) is 8.78 Å². The molecule has 3 atom stereocenters. The first kappa shape index (κ1) is 14.9. The van der Waals surface area contributed by atoms with Gasteiger partial charge in [0, 0.05) is 6.54 Å². The number of halogens is 2. The molecular weight excluding hydrogens is 296 g/mol. The van der Waals surface area contributed by atoms with Crippen molar-refractivity contribution in [1.82, 2.24) is 4.90 Å². The van der Waals surface area contributed by atoms with Crippen molar-refractivity contribution >= 4 is 11.9 Å². The fourth-order valence-electron chi connectivity index (χ4n) is 2.74. The van der Waals surface area contributed by atoms with Crippen molar-refractivity contribution in [1.29, 1.82) is 0 Å². The number of ether oxygens (including phenoxy) is 1. The largest absolute Gasteiger partial charge is 0.481 e. The summed E-state index contributed by atoms with van der Waals surface area (Å²) in [7, 11) is 0. The Hall–Kier alpha value is -2.02. The van der Waals surface area contributed by atoms with Gasteiger partial charge in [-0.25, -0.2) is 8.78 Å². The molecule has 7 heteroatoms. The number of hydrogen-bond acceptors (Lipinski definition) is 3. The molecule has 1 heterocycles. The molecule has 1 amide bonds. The quantitative estimate of drug-likeness (QED) is 0.920. The zero-order valence-electron chi connectivity index (χ0n) is 11.7. The standard InChI is InChI=1S/C15H15F2NO4/c16-11-2-1-8(5-12(11)17)13-7-18(3-4-22-13)14(19)9-6-10(9)15(20)21/h1-2,5,9-10,13H,3-4,6-7H2,(H,20,21). The summed E-state index contributed by atoms with van der Waals surface area (Å²) in [5, 5.41) is 8.88. The normalized spacial score (nSPS) is 27.5. The molecule has 5 nitrogen and oxygen atoms in total. The van der Waals surface area contributed by atoms with Gasteiger partial charge >= 0.3 is 5.97 Å². The van der Waals surface area contributed by atoms with Gasteiger partial charge in [-0.05, 0) is 24.1 Å². The molecule has 0 spiro atoms. The molecule has 3 rings (SSSR count). The van der Waals surface area contributed by atoms with Crippen LogP contribution in [0, 0.1) is 23.5 Å². The smallest absolute Gasteiger partial charge is 0.307 e. The van der Waals surface area contributed by atoms with Crippen LogP contribution in [0.25, 0.3) is 0 Å². The van der Waals surface area contributed by atoms with Gasteiger partial charge in [-0.3, -0.25) is 9.59 Å². The Bertz CT molecular complexity index is 622. The third-order valence-corrected chi connectivity index (χ3v) is 4.12. The molecule has 1 aromatic carbocycles. The van der Waals surface area contributed by atoms with Crippen molar-refractivity contribution in [2.24, 2.45) is 11.8 Å². The maximum absolute atomic E-state index is 13.3. The molecule has 2 fully saturated rings. The summed E-state index contributed by atoms with van der Waals surface area (Å²) in [6.07, 6.45) is -0.170. The summed E-state index contributed by atoms with van der Waals surface area (Å²) < 4.78 is 31.8. The van der Waals surface area contributed by atoms with E-state index in [1.165, 1.54) is 6.07 Å². The van der Waals surface area contributed by atoms with Crippen LogP contribution >= 0.6 is 0 Å². The first-order valence-electron chi connectivity index (χ1n) is 7.05. The van der Waals surface area contributed by atoms with Gasteiger partial charge < -0.3 is 14.7 Å². The number of amides is 1. The van der Waals surface area contributed by atoms with E-state index in [2.05, 4.69) is 0 Å². The summed E-state index contributed by atoms with van der Waals surface area (Å²) >= 11 is 0. The van der Waals surface area contributed by atoms with E-state index in [-0.39, 0.29) is 19.1 Å². The highest BCUT2D eigenvalue weighted by Crippen LogP contribution is 2.40. The Kier molecular flexibility index (Phi) is 3.82. The summed E-state index contributed by atoms with van der Waals surface area (Å²) in [5.41, 5.74) is 0.460. The second kappa shape index (κ2) is 5.64. The van der Waals surface area contributed by atoms with Crippen LogP contribution in [0.15, 0.2) is 18.2 Å². The highest BCUT2D eigenvalue weighted by molar-refractivity contribution is 5.89. The third kappa shape index (κ3) is 2.81. The number of nitrogens with zero attached hydrogens (tertiary/aromatic N) is 1. The fourth-order valence-corrected chi connectivity index (χ4v) is 2.74. The minimum absolute atomic E-state index is 0.205. The lowest BCUT2D eigenvalue weighted by Crippen LogP contribution is -2.43. The molecule has 1 aliphatic heterocycles. The van der Waals surface area contributed by atoms with E-state index in [1.54, 1.807) is 4.90 Å². The molecule has 22 heavy (non-hydrogen) atoms. The molecule has 2 aliphatic rings. The van der Waals surface area contributed by atoms with Gasteiger partial charge in [-0.15, -0.1) is 0 Å². The fraction of sp³-hybridized carbons (Fsp3) is 0.467. The monoisotopic (exact) mass is 311 g/mol. The Labute approximate surface area is 125 Å². The molecule has 118 valence electrons. The van der Waals surface area contributed by atoms with Crippen LogP contribution in [0.5, 0.6) is 0 Å². The molecule has 1 aliphatic carbocycles. The molecule has 1 N–H and O–H groups in total. The average Bonchev–Trinajstić information content (AvgIpc) is 3.30. The summed E-state index contributed by atoms with van der Waals surface area (Å²) in [6.45, 7) is 0.869. The minimum Gasteiger partial charge on any atom is -0.481 e. The third-order valence-electron chi connectivity index (χ3n) is 4.12. The van der Waals surface area contributed by atoms with E-state index in [4.69, 9.17) is 9.84 Å². The van der Waals surface area contributed by atoms with E-state index in [1.807, 2.05) is 0 Å². The van der Waals surface area contributed by atoms with Crippen molar-refractivity contribution in [3.63, 3.8) is 0 Å². The first-order chi connectivity index (χ1) is 10.5. The van der Waals surface area contributed by atoms with Gasteiger partial charge in [-0.2, -0.15) is 0 Å².